The average Bonchev–Trinajstić information content (AvgIpc) is 3.69. The maximum Gasteiger partial charge on any atom is 0.306 e. The van der Waals surface area contributed by atoms with Crippen LogP contribution in [-0.2, 0) is 20.7 Å². The van der Waals surface area contributed by atoms with Crippen LogP contribution in [0.5, 0.6) is 11.5 Å². The number of nitrogens with one attached hydrogen (secondary N) is 1. The first-order valence-electron chi connectivity index (χ1n) is 16.4. The number of hydrogen-bond acceptors (Lipinski definition) is 7. The van der Waals surface area contributed by atoms with Gasteiger partial charge in [0.1, 0.15) is 23.7 Å². The van der Waals surface area contributed by atoms with E-state index in [0.717, 1.165) is 31.1 Å². The Balaban J connectivity index is 1.12. The van der Waals surface area contributed by atoms with Crippen LogP contribution < -0.4 is 14.8 Å². The van der Waals surface area contributed by atoms with Gasteiger partial charge in [-0.15, -0.1) is 11.3 Å². The van der Waals surface area contributed by atoms with Gasteiger partial charge in [0.2, 0.25) is 5.91 Å². The zero-order valence-corrected chi connectivity index (χ0v) is 28.1. The van der Waals surface area contributed by atoms with Crippen LogP contribution in [0.4, 0.5) is 0 Å². The summed E-state index contributed by atoms with van der Waals surface area (Å²) in [6.45, 7) is 10.5. The number of thiophene rings is 1. The smallest absolute Gasteiger partial charge is 0.306 e. The summed E-state index contributed by atoms with van der Waals surface area (Å²) in [5, 5.41) is 4.14. The second-order valence-electron chi connectivity index (χ2n) is 12.8. The monoisotopic (exact) mass is 642 g/mol. The van der Waals surface area contributed by atoms with Crippen LogP contribution in [0.15, 0.2) is 72.8 Å². The van der Waals surface area contributed by atoms with E-state index < -0.39 is 5.60 Å². The summed E-state index contributed by atoms with van der Waals surface area (Å²) in [6.07, 6.45) is 4.31. The SMILES string of the molecule is CC(C)(C)OC(=O)CCC(=O)NCCCOc1ccc(-c2sc3ccccc3c2Cc2ccc(OCCN3CCCC3)cc2)cc1. The molecule has 0 bridgehead atoms. The molecule has 1 aliphatic rings. The van der Waals surface area contributed by atoms with Crippen molar-refractivity contribution in [2.75, 3.05) is 39.4 Å². The number of rotatable bonds is 15. The molecule has 0 saturated carbocycles. The third kappa shape index (κ3) is 10.1. The van der Waals surface area contributed by atoms with Gasteiger partial charge in [0.05, 0.1) is 13.0 Å². The molecule has 0 spiro atoms. The predicted molar refractivity (Wildman–Crippen MR) is 186 cm³/mol. The number of carbonyl (C=O) groups excluding carboxylic acids is 2. The summed E-state index contributed by atoms with van der Waals surface area (Å²) < 4.78 is 18.5. The summed E-state index contributed by atoms with van der Waals surface area (Å²) in [5.74, 6) is 1.20. The second-order valence-corrected chi connectivity index (χ2v) is 13.8. The molecule has 5 rings (SSSR count). The Morgan fingerprint density at radius 2 is 1.52 bits per heavy atom. The van der Waals surface area contributed by atoms with E-state index in [9.17, 15) is 9.59 Å². The molecule has 1 aromatic heterocycles. The fourth-order valence-corrected chi connectivity index (χ4v) is 6.83. The van der Waals surface area contributed by atoms with Crippen molar-refractivity contribution in [2.45, 2.75) is 64.9 Å². The lowest BCUT2D eigenvalue weighted by Gasteiger charge is -2.19. The summed E-state index contributed by atoms with van der Waals surface area (Å²) in [4.78, 5) is 27.6. The van der Waals surface area contributed by atoms with Crippen molar-refractivity contribution in [3.8, 4) is 21.9 Å². The van der Waals surface area contributed by atoms with Gasteiger partial charge in [-0.25, -0.2) is 0 Å². The van der Waals surface area contributed by atoms with E-state index in [1.165, 1.54) is 57.6 Å². The molecule has 4 aromatic rings. The van der Waals surface area contributed by atoms with Gasteiger partial charge in [0, 0.05) is 29.1 Å². The van der Waals surface area contributed by atoms with Gasteiger partial charge in [-0.1, -0.05) is 30.3 Å². The maximum atomic E-state index is 12.1. The van der Waals surface area contributed by atoms with Crippen LogP contribution in [0.25, 0.3) is 20.5 Å². The molecule has 1 saturated heterocycles. The largest absolute Gasteiger partial charge is 0.494 e. The van der Waals surface area contributed by atoms with Gasteiger partial charge in [0.15, 0.2) is 0 Å². The van der Waals surface area contributed by atoms with Crippen LogP contribution in [0.3, 0.4) is 0 Å². The lowest BCUT2D eigenvalue weighted by atomic mass is 9.99. The van der Waals surface area contributed by atoms with Crippen molar-refractivity contribution in [1.29, 1.82) is 0 Å². The minimum Gasteiger partial charge on any atom is -0.494 e. The number of fused-ring (bicyclic) bond motifs is 1. The molecular formula is C38H46N2O5S. The highest BCUT2D eigenvalue weighted by Gasteiger charge is 2.18. The fourth-order valence-electron chi connectivity index (χ4n) is 5.60. The first-order valence-corrected chi connectivity index (χ1v) is 17.2. The third-order valence-corrected chi connectivity index (χ3v) is 9.14. The second kappa shape index (κ2) is 16.1. The molecule has 1 fully saturated rings. The fraction of sp³-hybridized carbons (Fsp3) is 0.421. The van der Waals surface area contributed by atoms with Crippen LogP contribution >= 0.6 is 11.3 Å². The first-order chi connectivity index (χ1) is 22.2. The molecule has 0 aliphatic carbocycles. The Morgan fingerprint density at radius 1 is 0.848 bits per heavy atom. The Labute approximate surface area is 276 Å². The average molecular weight is 643 g/mol. The molecule has 0 atom stereocenters. The lowest BCUT2D eigenvalue weighted by molar-refractivity contribution is -0.155. The number of ether oxygens (including phenoxy) is 3. The van der Waals surface area contributed by atoms with Crippen LogP contribution in [0.2, 0.25) is 0 Å². The van der Waals surface area contributed by atoms with E-state index in [1.54, 1.807) is 0 Å². The Kier molecular flexibility index (Phi) is 11.7. The zero-order chi connectivity index (χ0) is 32.4. The molecule has 0 unspecified atom stereocenters. The highest BCUT2D eigenvalue weighted by Crippen LogP contribution is 2.40. The van der Waals surface area contributed by atoms with Gasteiger partial charge >= 0.3 is 5.97 Å². The van der Waals surface area contributed by atoms with Crippen molar-refractivity contribution < 1.29 is 23.8 Å². The summed E-state index contributed by atoms with van der Waals surface area (Å²) >= 11 is 1.82. The van der Waals surface area contributed by atoms with Crippen molar-refractivity contribution in [2.24, 2.45) is 0 Å². The number of esters is 1. The molecule has 46 heavy (non-hydrogen) atoms. The minimum absolute atomic E-state index is 0.0771. The Morgan fingerprint density at radius 3 is 2.24 bits per heavy atom. The maximum absolute atomic E-state index is 12.1. The van der Waals surface area contributed by atoms with E-state index in [4.69, 9.17) is 14.2 Å². The normalized spacial score (nSPS) is 13.5. The zero-order valence-electron chi connectivity index (χ0n) is 27.3. The summed E-state index contributed by atoms with van der Waals surface area (Å²) in [5.41, 5.74) is 3.22. The van der Waals surface area contributed by atoms with E-state index in [1.807, 2.05) is 44.2 Å². The van der Waals surface area contributed by atoms with Crippen molar-refractivity contribution >= 4 is 33.3 Å². The van der Waals surface area contributed by atoms with Crippen molar-refractivity contribution in [3.05, 3.63) is 83.9 Å². The molecule has 7 nitrogen and oxygen atoms in total. The molecular weight excluding hydrogens is 596 g/mol. The molecule has 2 heterocycles. The van der Waals surface area contributed by atoms with E-state index in [0.29, 0.717) is 19.6 Å². The summed E-state index contributed by atoms with van der Waals surface area (Å²) in [6, 6.07) is 25.4. The molecule has 3 aromatic carbocycles. The molecule has 244 valence electrons. The molecule has 1 aliphatic heterocycles. The van der Waals surface area contributed by atoms with Crippen LogP contribution in [-0.4, -0.2) is 61.8 Å². The van der Waals surface area contributed by atoms with Crippen LogP contribution in [0, 0.1) is 0 Å². The standard InChI is InChI=1S/C38H46N2O5S/c1-38(2,3)45-36(42)20-19-35(41)39-21-8-25-43-31-17-13-29(14-18-31)37-33(32-9-4-5-10-34(32)46-37)27-28-11-15-30(16-12-28)44-26-24-40-22-6-7-23-40/h4-5,9-18H,6-8,19-27H2,1-3H3,(H,39,41). The third-order valence-electron chi connectivity index (χ3n) is 7.88. The predicted octanol–water partition coefficient (Wildman–Crippen LogP) is 7.64. The number of benzene rings is 3. The number of nitrogens with zero attached hydrogens (tertiary/aromatic N) is 1. The molecule has 0 radical (unpaired) electrons. The number of hydrogen-bond donors (Lipinski definition) is 1. The molecule has 1 N–H and O–H groups in total. The van der Waals surface area contributed by atoms with Gasteiger partial charge in [-0.2, -0.15) is 0 Å². The molecule has 1 amide bonds. The number of likely N-dealkylation sites (tertiary alicyclic amines) is 1. The van der Waals surface area contributed by atoms with Gasteiger partial charge in [0.25, 0.3) is 0 Å². The topological polar surface area (TPSA) is 77.1 Å². The van der Waals surface area contributed by atoms with Gasteiger partial charge in [-0.3, -0.25) is 14.5 Å². The van der Waals surface area contributed by atoms with Crippen LogP contribution in [0.1, 0.15) is 64.0 Å². The van der Waals surface area contributed by atoms with E-state index in [-0.39, 0.29) is 24.7 Å². The van der Waals surface area contributed by atoms with E-state index in [2.05, 4.69) is 70.9 Å². The Bertz CT molecular complexity index is 1570. The highest BCUT2D eigenvalue weighted by molar-refractivity contribution is 7.22. The lowest BCUT2D eigenvalue weighted by Crippen LogP contribution is -2.28. The minimum atomic E-state index is -0.543. The number of amides is 1. The Hall–Kier alpha value is -3.88. The number of carbonyl (C=O) groups is 2. The quantitative estimate of drug-likeness (QED) is 0.106. The first kappa shape index (κ1) is 33.5. The van der Waals surface area contributed by atoms with Gasteiger partial charge in [-0.05, 0) is 124 Å². The molecule has 8 heteroatoms. The highest BCUT2D eigenvalue weighted by atomic mass is 32.1. The van der Waals surface area contributed by atoms with E-state index >= 15 is 0 Å². The van der Waals surface area contributed by atoms with Gasteiger partial charge < -0.3 is 19.5 Å². The van der Waals surface area contributed by atoms with Crippen molar-refractivity contribution in [1.82, 2.24) is 10.2 Å². The summed E-state index contributed by atoms with van der Waals surface area (Å²) in [7, 11) is 0. The van der Waals surface area contributed by atoms with Crippen molar-refractivity contribution in [3.63, 3.8) is 0 Å².